The molecule has 7 heteroatoms. The number of rotatable bonds is 5. The van der Waals surface area contributed by atoms with Gasteiger partial charge in [-0.3, -0.25) is 0 Å². The van der Waals surface area contributed by atoms with E-state index in [9.17, 15) is 14.9 Å². The maximum atomic E-state index is 14.7. The Morgan fingerprint density at radius 1 is 0.479 bits per heavy atom. The van der Waals surface area contributed by atoms with Crippen LogP contribution in [0.4, 0.5) is 4.39 Å². The molecule has 0 spiro atoms. The summed E-state index contributed by atoms with van der Waals surface area (Å²) in [6, 6.07) is 47.4. The zero-order chi connectivity index (χ0) is 32.6. The van der Waals surface area contributed by atoms with E-state index in [0.29, 0.717) is 39.7 Å². The largest absolute Gasteiger partial charge is 0.309 e. The lowest BCUT2D eigenvalue weighted by atomic mass is 9.98. The maximum absolute atomic E-state index is 14.7. The number of nitrogens with zero attached hydrogens (tertiary/aromatic N) is 6. The molecule has 0 fully saturated rings. The Morgan fingerprint density at radius 3 is 1.56 bits per heavy atom. The number of halogens is 1. The average molecular weight is 619 g/mol. The van der Waals surface area contributed by atoms with Crippen LogP contribution in [0, 0.1) is 28.5 Å². The molecule has 0 aliphatic rings. The van der Waals surface area contributed by atoms with E-state index in [2.05, 4.69) is 12.1 Å². The topological polar surface area (TPSA) is 91.2 Å². The van der Waals surface area contributed by atoms with Crippen LogP contribution in [0.25, 0.3) is 72.8 Å². The molecule has 0 aliphatic carbocycles. The molecule has 2 aromatic heterocycles. The van der Waals surface area contributed by atoms with E-state index in [1.807, 2.05) is 114 Å². The Hall–Kier alpha value is -6.96. The number of aromatic nitrogens is 4. The van der Waals surface area contributed by atoms with Crippen molar-refractivity contribution in [2.45, 2.75) is 0 Å². The van der Waals surface area contributed by atoms with Gasteiger partial charge in [-0.1, -0.05) is 91.0 Å². The molecule has 0 unspecified atom stereocenters. The summed E-state index contributed by atoms with van der Waals surface area (Å²) in [4.78, 5) is 14.9. The molecule has 48 heavy (non-hydrogen) atoms. The number of benzene rings is 6. The Kier molecular flexibility index (Phi) is 6.98. The van der Waals surface area contributed by atoms with Crippen molar-refractivity contribution in [2.75, 3.05) is 0 Å². The van der Waals surface area contributed by atoms with E-state index in [1.54, 1.807) is 18.2 Å². The lowest BCUT2D eigenvalue weighted by molar-refractivity contribution is 0.628. The monoisotopic (exact) mass is 618 g/mol. The summed E-state index contributed by atoms with van der Waals surface area (Å²) in [7, 11) is 0. The summed E-state index contributed by atoms with van der Waals surface area (Å²) in [6.45, 7) is 0. The summed E-state index contributed by atoms with van der Waals surface area (Å²) in [5, 5.41) is 21.4. The minimum Gasteiger partial charge on any atom is -0.309 e. The first-order chi connectivity index (χ1) is 23.6. The van der Waals surface area contributed by atoms with Gasteiger partial charge in [0.1, 0.15) is 5.82 Å². The molecule has 0 bridgehead atoms. The highest BCUT2D eigenvalue weighted by molar-refractivity contribution is 6.10. The predicted octanol–water partition coefficient (Wildman–Crippen LogP) is 9.52. The van der Waals surface area contributed by atoms with Crippen molar-refractivity contribution >= 4 is 21.8 Å². The van der Waals surface area contributed by atoms with Crippen molar-refractivity contribution in [3.63, 3.8) is 0 Å². The van der Waals surface area contributed by atoms with Crippen LogP contribution < -0.4 is 0 Å². The Morgan fingerprint density at radius 2 is 1.02 bits per heavy atom. The number of fused-ring (bicyclic) bond motifs is 3. The standard InChI is InChI=1S/C41H23FN6/c42-31-13-7-12-30(22-31)33-19-16-32(48-37-20-26(24-43)14-17-34(37)35-18-15-27(25-44)21-38(35)48)23-36(33)41-46-39(28-8-3-1-4-9-28)45-40(47-41)29-10-5-2-6-11-29/h1-23H. The van der Waals surface area contributed by atoms with Crippen molar-refractivity contribution in [2.24, 2.45) is 0 Å². The fourth-order valence-corrected chi connectivity index (χ4v) is 6.13. The van der Waals surface area contributed by atoms with Crippen molar-refractivity contribution in [1.29, 1.82) is 10.5 Å². The smallest absolute Gasteiger partial charge is 0.164 e. The predicted molar refractivity (Wildman–Crippen MR) is 185 cm³/mol. The lowest BCUT2D eigenvalue weighted by Crippen LogP contribution is -2.02. The molecule has 0 atom stereocenters. The van der Waals surface area contributed by atoms with Gasteiger partial charge in [-0.15, -0.1) is 0 Å². The molecule has 6 aromatic carbocycles. The van der Waals surface area contributed by atoms with Crippen LogP contribution in [-0.2, 0) is 0 Å². The van der Waals surface area contributed by atoms with Crippen LogP contribution in [0.5, 0.6) is 0 Å². The molecular weight excluding hydrogens is 595 g/mol. The van der Waals surface area contributed by atoms with Gasteiger partial charge in [0, 0.05) is 33.2 Å². The molecule has 2 heterocycles. The highest BCUT2D eigenvalue weighted by Gasteiger charge is 2.20. The van der Waals surface area contributed by atoms with E-state index < -0.39 is 0 Å². The second-order valence-electron chi connectivity index (χ2n) is 11.3. The first-order valence-corrected chi connectivity index (χ1v) is 15.3. The van der Waals surface area contributed by atoms with Crippen molar-refractivity contribution in [3.05, 3.63) is 156 Å². The van der Waals surface area contributed by atoms with E-state index in [1.165, 1.54) is 12.1 Å². The van der Waals surface area contributed by atoms with Gasteiger partial charge in [-0.05, 0) is 59.7 Å². The summed E-state index contributed by atoms with van der Waals surface area (Å²) in [6.07, 6.45) is 0. The number of nitriles is 2. The fraction of sp³-hybridized carbons (Fsp3) is 0. The summed E-state index contributed by atoms with van der Waals surface area (Å²) in [5.41, 5.74) is 7.15. The molecular formula is C41H23FN6. The first kappa shape index (κ1) is 28.5. The number of hydrogen-bond donors (Lipinski definition) is 0. The third kappa shape index (κ3) is 5.02. The highest BCUT2D eigenvalue weighted by Crippen LogP contribution is 2.38. The summed E-state index contributed by atoms with van der Waals surface area (Å²) < 4.78 is 16.7. The first-order valence-electron chi connectivity index (χ1n) is 15.3. The van der Waals surface area contributed by atoms with Crippen LogP contribution in [0.3, 0.4) is 0 Å². The van der Waals surface area contributed by atoms with Crippen LogP contribution in [-0.4, -0.2) is 19.5 Å². The van der Waals surface area contributed by atoms with Gasteiger partial charge >= 0.3 is 0 Å². The van der Waals surface area contributed by atoms with Crippen molar-refractivity contribution in [1.82, 2.24) is 19.5 Å². The van der Waals surface area contributed by atoms with Crippen LogP contribution in [0.15, 0.2) is 140 Å². The molecule has 224 valence electrons. The van der Waals surface area contributed by atoms with E-state index >= 15 is 0 Å². The summed E-state index contributed by atoms with van der Waals surface area (Å²) in [5.74, 6) is 1.07. The van der Waals surface area contributed by atoms with Gasteiger partial charge in [0.2, 0.25) is 0 Å². The average Bonchev–Trinajstić information content (AvgIpc) is 3.47. The second-order valence-corrected chi connectivity index (χ2v) is 11.3. The van der Waals surface area contributed by atoms with E-state index in [4.69, 9.17) is 15.0 Å². The van der Waals surface area contributed by atoms with Gasteiger partial charge in [0.25, 0.3) is 0 Å². The van der Waals surface area contributed by atoms with Crippen LogP contribution >= 0.6 is 0 Å². The third-order valence-corrected chi connectivity index (χ3v) is 8.36. The molecule has 8 rings (SSSR count). The zero-order valence-corrected chi connectivity index (χ0v) is 25.3. The third-order valence-electron chi connectivity index (χ3n) is 8.36. The van der Waals surface area contributed by atoms with Crippen LogP contribution in [0.2, 0.25) is 0 Å². The van der Waals surface area contributed by atoms with E-state index in [-0.39, 0.29) is 5.82 Å². The minimum atomic E-state index is -0.358. The SMILES string of the molecule is N#Cc1ccc2c3ccc(C#N)cc3n(-c3ccc(-c4cccc(F)c4)c(-c4nc(-c5ccccc5)nc(-c5ccccc5)n4)c3)c2c1. The van der Waals surface area contributed by atoms with Gasteiger partial charge < -0.3 is 4.57 Å². The van der Waals surface area contributed by atoms with Gasteiger partial charge in [0.15, 0.2) is 17.5 Å². The van der Waals surface area contributed by atoms with E-state index in [0.717, 1.165) is 44.2 Å². The quantitative estimate of drug-likeness (QED) is 0.192. The van der Waals surface area contributed by atoms with Gasteiger partial charge in [-0.25, -0.2) is 19.3 Å². The fourth-order valence-electron chi connectivity index (χ4n) is 6.13. The molecule has 8 aromatic rings. The zero-order valence-electron chi connectivity index (χ0n) is 25.3. The van der Waals surface area contributed by atoms with Gasteiger partial charge in [0.05, 0.1) is 34.3 Å². The minimum absolute atomic E-state index is 0.358. The molecule has 0 amide bonds. The normalized spacial score (nSPS) is 11.0. The lowest BCUT2D eigenvalue weighted by Gasteiger charge is -2.15. The Balaban J connectivity index is 1.45. The molecule has 6 nitrogen and oxygen atoms in total. The van der Waals surface area contributed by atoms with Crippen molar-refractivity contribution in [3.8, 4) is 63.1 Å². The number of hydrogen-bond acceptors (Lipinski definition) is 5. The Labute approximate surface area is 275 Å². The molecule has 0 N–H and O–H groups in total. The maximum Gasteiger partial charge on any atom is 0.164 e. The molecule has 0 radical (unpaired) electrons. The Bertz CT molecular complexity index is 2470. The van der Waals surface area contributed by atoms with Crippen molar-refractivity contribution < 1.29 is 4.39 Å². The van der Waals surface area contributed by atoms with Gasteiger partial charge in [-0.2, -0.15) is 10.5 Å². The molecule has 0 saturated carbocycles. The molecule has 0 saturated heterocycles. The molecule has 0 aliphatic heterocycles. The van der Waals surface area contributed by atoms with Crippen LogP contribution in [0.1, 0.15) is 11.1 Å². The highest BCUT2D eigenvalue weighted by atomic mass is 19.1. The second kappa shape index (κ2) is 11.8. The summed E-state index contributed by atoms with van der Waals surface area (Å²) >= 11 is 0.